The standard InChI is InChI=1S/C15H16N2O2/c1-16-14(11-12-7-3-2-4-8-12)13-9-5-6-10-15(13)17(18)19/h2-10,14,16H,11H2,1H3. The molecule has 0 fully saturated rings. The highest BCUT2D eigenvalue weighted by molar-refractivity contribution is 5.42. The molecule has 0 bridgehead atoms. The fraction of sp³-hybridized carbons (Fsp3) is 0.200. The van der Waals surface area contributed by atoms with Gasteiger partial charge in [-0.25, -0.2) is 0 Å². The lowest BCUT2D eigenvalue weighted by atomic mass is 9.97. The molecule has 0 heterocycles. The van der Waals surface area contributed by atoms with E-state index in [0.29, 0.717) is 0 Å². The van der Waals surface area contributed by atoms with E-state index in [0.717, 1.165) is 17.5 Å². The minimum atomic E-state index is -0.329. The molecule has 4 heteroatoms. The molecule has 1 unspecified atom stereocenters. The second-order valence-corrected chi connectivity index (χ2v) is 4.35. The molecule has 0 aromatic heterocycles. The second-order valence-electron chi connectivity index (χ2n) is 4.35. The summed E-state index contributed by atoms with van der Waals surface area (Å²) in [6, 6.07) is 16.8. The third kappa shape index (κ3) is 3.17. The Hall–Kier alpha value is -2.20. The number of benzene rings is 2. The first-order valence-corrected chi connectivity index (χ1v) is 6.17. The number of para-hydroxylation sites is 1. The highest BCUT2D eigenvalue weighted by Crippen LogP contribution is 2.27. The van der Waals surface area contributed by atoms with Crippen LogP contribution in [0.2, 0.25) is 0 Å². The van der Waals surface area contributed by atoms with Crippen LogP contribution in [0.5, 0.6) is 0 Å². The smallest absolute Gasteiger partial charge is 0.274 e. The van der Waals surface area contributed by atoms with Crippen molar-refractivity contribution in [2.75, 3.05) is 7.05 Å². The topological polar surface area (TPSA) is 55.2 Å². The zero-order valence-electron chi connectivity index (χ0n) is 10.7. The predicted molar refractivity (Wildman–Crippen MR) is 75.0 cm³/mol. The number of rotatable bonds is 5. The number of likely N-dealkylation sites (N-methyl/N-ethyl adjacent to an activating group) is 1. The first-order chi connectivity index (χ1) is 9.22. The molecule has 2 aromatic rings. The fourth-order valence-electron chi connectivity index (χ4n) is 2.17. The van der Waals surface area contributed by atoms with Crippen molar-refractivity contribution >= 4 is 5.69 Å². The van der Waals surface area contributed by atoms with Crippen LogP contribution in [0, 0.1) is 10.1 Å². The summed E-state index contributed by atoms with van der Waals surface area (Å²) in [7, 11) is 1.82. The lowest BCUT2D eigenvalue weighted by Gasteiger charge is -2.16. The van der Waals surface area contributed by atoms with Gasteiger partial charge in [0.2, 0.25) is 0 Å². The van der Waals surface area contributed by atoms with Gasteiger partial charge >= 0.3 is 0 Å². The molecule has 1 N–H and O–H groups in total. The molecular weight excluding hydrogens is 240 g/mol. The van der Waals surface area contributed by atoms with Gasteiger partial charge in [-0.1, -0.05) is 48.5 Å². The maximum absolute atomic E-state index is 11.1. The van der Waals surface area contributed by atoms with E-state index in [1.165, 1.54) is 0 Å². The maximum Gasteiger partial charge on any atom is 0.274 e. The molecule has 2 aromatic carbocycles. The predicted octanol–water partition coefficient (Wildman–Crippen LogP) is 3.10. The van der Waals surface area contributed by atoms with Crippen molar-refractivity contribution in [2.24, 2.45) is 0 Å². The van der Waals surface area contributed by atoms with Crippen LogP contribution in [-0.4, -0.2) is 12.0 Å². The van der Waals surface area contributed by atoms with E-state index in [4.69, 9.17) is 0 Å². The summed E-state index contributed by atoms with van der Waals surface area (Å²) >= 11 is 0. The molecule has 0 spiro atoms. The quantitative estimate of drug-likeness (QED) is 0.660. The summed E-state index contributed by atoms with van der Waals surface area (Å²) < 4.78 is 0. The molecule has 1 atom stereocenters. The number of hydrogen-bond acceptors (Lipinski definition) is 3. The van der Waals surface area contributed by atoms with Crippen molar-refractivity contribution in [1.29, 1.82) is 0 Å². The molecular formula is C15H16N2O2. The second kappa shape index (κ2) is 6.11. The molecule has 2 rings (SSSR count). The summed E-state index contributed by atoms with van der Waals surface area (Å²) in [5.41, 5.74) is 2.04. The van der Waals surface area contributed by atoms with Crippen molar-refractivity contribution in [2.45, 2.75) is 12.5 Å². The van der Waals surface area contributed by atoms with Gasteiger partial charge in [-0.05, 0) is 19.0 Å². The SMILES string of the molecule is CNC(Cc1ccccc1)c1ccccc1[N+](=O)[O-]. The van der Waals surface area contributed by atoms with Gasteiger partial charge in [0.1, 0.15) is 0 Å². The Labute approximate surface area is 112 Å². The lowest BCUT2D eigenvalue weighted by molar-refractivity contribution is -0.385. The van der Waals surface area contributed by atoms with Crippen LogP contribution in [0.15, 0.2) is 54.6 Å². The Morgan fingerprint density at radius 2 is 1.74 bits per heavy atom. The molecule has 0 radical (unpaired) electrons. The van der Waals surface area contributed by atoms with Crippen LogP contribution < -0.4 is 5.32 Å². The molecule has 4 nitrogen and oxygen atoms in total. The van der Waals surface area contributed by atoms with Crippen LogP contribution in [-0.2, 0) is 6.42 Å². The van der Waals surface area contributed by atoms with Gasteiger partial charge in [0, 0.05) is 17.7 Å². The highest BCUT2D eigenvalue weighted by Gasteiger charge is 2.20. The molecule has 98 valence electrons. The molecule has 0 aliphatic carbocycles. The summed E-state index contributed by atoms with van der Waals surface area (Å²) in [5.74, 6) is 0. The van der Waals surface area contributed by atoms with Gasteiger partial charge in [-0.15, -0.1) is 0 Å². The Morgan fingerprint density at radius 3 is 2.37 bits per heavy atom. The lowest BCUT2D eigenvalue weighted by Crippen LogP contribution is -2.20. The zero-order valence-corrected chi connectivity index (χ0v) is 10.7. The van der Waals surface area contributed by atoms with Gasteiger partial charge in [0.25, 0.3) is 5.69 Å². The summed E-state index contributed by atoms with van der Waals surface area (Å²) in [5, 5.41) is 14.2. The van der Waals surface area contributed by atoms with Crippen LogP contribution in [0.1, 0.15) is 17.2 Å². The van der Waals surface area contributed by atoms with E-state index >= 15 is 0 Å². The van der Waals surface area contributed by atoms with Gasteiger partial charge in [0.05, 0.1) is 4.92 Å². The fourth-order valence-corrected chi connectivity index (χ4v) is 2.17. The van der Waals surface area contributed by atoms with Gasteiger partial charge in [-0.2, -0.15) is 0 Å². The summed E-state index contributed by atoms with van der Waals surface area (Å²) in [6.07, 6.45) is 0.724. The zero-order chi connectivity index (χ0) is 13.7. The molecule has 0 aliphatic heterocycles. The first kappa shape index (κ1) is 13.2. The largest absolute Gasteiger partial charge is 0.312 e. The third-order valence-electron chi connectivity index (χ3n) is 3.14. The molecule has 0 aliphatic rings. The highest BCUT2D eigenvalue weighted by atomic mass is 16.6. The molecule has 0 saturated heterocycles. The molecule has 19 heavy (non-hydrogen) atoms. The third-order valence-corrected chi connectivity index (χ3v) is 3.14. The number of nitrogens with zero attached hydrogens (tertiary/aromatic N) is 1. The Balaban J connectivity index is 2.30. The van der Waals surface area contributed by atoms with E-state index in [2.05, 4.69) is 5.32 Å². The minimum Gasteiger partial charge on any atom is -0.312 e. The minimum absolute atomic E-state index is 0.0657. The van der Waals surface area contributed by atoms with Crippen molar-refractivity contribution in [3.05, 3.63) is 75.8 Å². The normalized spacial score (nSPS) is 12.1. The van der Waals surface area contributed by atoms with E-state index in [1.807, 2.05) is 49.5 Å². The van der Waals surface area contributed by atoms with E-state index in [-0.39, 0.29) is 16.7 Å². The van der Waals surface area contributed by atoms with Crippen molar-refractivity contribution in [3.63, 3.8) is 0 Å². The van der Waals surface area contributed by atoms with Gasteiger partial charge in [-0.3, -0.25) is 10.1 Å². The van der Waals surface area contributed by atoms with E-state index in [1.54, 1.807) is 12.1 Å². The van der Waals surface area contributed by atoms with Gasteiger partial charge < -0.3 is 5.32 Å². The Bertz CT molecular complexity index is 555. The number of nitrogens with one attached hydrogen (secondary N) is 1. The van der Waals surface area contributed by atoms with Crippen LogP contribution in [0.3, 0.4) is 0 Å². The van der Waals surface area contributed by atoms with E-state index < -0.39 is 0 Å². The number of nitro benzene ring substituents is 1. The monoisotopic (exact) mass is 256 g/mol. The Kier molecular flexibility index (Phi) is 4.26. The van der Waals surface area contributed by atoms with Crippen molar-refractivity contribution in [3.8, 4) is 0 Å². The van der Waals surface area contributed by atoms with Crippen LogP contribution in [0.25, 0.3) is 0 Å². The van der Waals surface area contributed by atoms with Crippen LogP contribution in [0.4, 0.5) is 5.69 Å². The summed E-state index contributed by atoms with van der Waals surface area (Å²) in [4.78, 5) is 10.7. The Morgan fingerprint density at radius 1 is 1.11 bits per heavy atom. The van der Waals surface area contributed by atoms with Crippen molar-refractivity contribution in [1.82, 2.24) is 5.32 Å². The van der Waals surface area contributed by atoms with Gasteiger partial charge in [0.15, 0.2) is 0 Å². The molecule has 0 amide bonds. The number of nitro groups is 1. The maximum atomic E-state index is 11.1. The average molecular weight is 256 g/mol. The molecule has 0 saturated carbocycles. The average Bonchev–Trinajstić information content (AvgIpc) is 2.46. The van der Waals surface area contributed by atoms with Crippen molar-refractivity contribution < 1.29 is 4.92 Å². The summed E-state index contributed by atoms with van der Waals surface area (Å²) in [6.45, 7) is 0. The first-order valence-electron chi connectivity index (χ1n) is 6.17. The number of hydrogen-bond donors (Lipinski definition) is 1. The van der Waals surface area contributed by atoms with E-state index in [9.17, 15) is 10.1 Å². The van der Waals surface area contributed by atoms with Crippen LogP contribution >= 0.6 is 0 Å².